The summed E-state index contributed by atoms with van der Waals surface area (Å²) in [6, 6.07) is 0. The third kappa shape index (κ3) is 4.05. The summed E-state index contributed by atoms with van der Waals surface area (Å²) in [7, 11) is 0. The molecule has 0 aromatic carbocycles. The van der Waals surface area contributed by atoms with E-state index in [0.29, 0.717) is 6.54 Å². The third-order valence-corrected chi connectivity index (χ3v) is 3.04. The van der Waals surface area contributed by atoms with Crippen LogP contribution in [0.3, 0.4) is 0 Å². The van der Waals surface area contributed by atoms with Gasteiger partial charge in [0.1, 0.15) is 0 Å². The molecule has 1 fully saturated rings. The van der Waals surface area contributed by atoms with Crippen LogP contribution in [0.15, 0.2) is 37.0 Å². The standard InChI is InChI=1S/C14H21NO.H2/c1-3-8-12(4-2)11-15-14(16)13-9-6-5-7-10-13;/h3-4,8,13H,1-2,5-7,9-11H2,(H,15,16);1H/b12-8+;. The van der Waals surface area contributed by atoms with E-state index in [1.165, 1.54) is 19.3 Å². The number of rotatable bonds is 5. The van der Waals surface area contributed by atoms with Crippen molar-refractivity contribution in [3.63, 3.8) is 0 Å². The molecule has 0 heterocycles. The Morgan fingerprint density at radius 2 is 2.00 bits per heavy atom. The number of carbonyl (C=O) groups excluding carboxylic acids is 1. The highest BCUT2D eigenvalue weighted by Gasteiger charge is 2.20. The van der Waals surface area contributed by atoms with Crippen LogP contribution in [0.4, 0.5) is 0 Å². The van der Waals surface area contributed by atoms with Gasteiger partial charge in [-0.2, -0.15) is 0 Å². The minimum atomic E-state index is 0. The second kappa shape index (κ2) is 7.04. The van der Waals surface area contributed by atoms with Gasteiger partial charge in [0.15, 0.2) is 0 Å². The molecular weight excluding hydrogens is 198 g/mol. The molecule has 0 aromatic heterocycles. The van der Waals surface area contributed by atoms with Crippen LogP contribution in [0, 0.1) is 5.92 Å². The van der Waals surface area contributed by atoms with Crippen molar-refractivity contribution < 1.29 is 6.22 Å². The van der Waals surface area contributed by atoms with E-state index in [2.05, 4.69) is 18.5 Å². The Morgan fingerprint density at radius 1 is 1.31 bits per heavy atom. The highest BCUT2D eigenvalue weighted by atomic mass is 16.1. The molecule has 0 atom stereocenters. The van der Waals surface area contributed by atoms with Gasteiger partial charge < -0.3 is 5.32 Å². The molecule has 16 heavy (non-hydrogen) atoms. The van der Waals surface area contributed by atoms with Gasteiger partial charge in [0.05, 0.1) is 0 Å². The fraction of sp³-hybridized carbons (Fsp3) is 0.500. The summed E-state index contributed by atoms with van der Waals surface area (Å²) in [5, 5.41) is 2.96. The third-order valence-electron chi connectivity index (χ3n) is 3.04. The van der Waals surface area contributed by atoms with Gasteiger partial charge in [-0.3, -0.25) is 4.79 Å². The lowest BCUT2D eigenvalue weighted by Crippen LogP contribution is -2.33. The summed E-state index contributed by atoms with van der Waals surface area (Å²) in [6.07, 6.45) is 11.1. The Hall–Kier alpha value is -1.31. The largest absolute Gasteiger partial charge is 0.352 e. The van der Waals surface area contributed by atoms with E-state index in [1.54, 1.807) is 12.2 Å². The Labute approximate surface area is 99.6 Å². The van der Waals surface area contributed by atoms with Crippen molar-refractivity contribution in [2.24, 2.45) is 5.92 Å². The first kappa shape index (κ1) is 12.8. The fourth-order valence-electron chi connectivity index (χ4n) is 2.05. The minimum Gasteiger partial charge on any atom is -0.352 e. The molecule has 1 N–H and O–H groups in total. The molecular formula is C14H23NO. The van der Waals surface area contributed by atoms with Crippen molar-refractivity contribution in [2.45, 2.75) is 32.1 Å². The lowest BCUT2D eigenvalue weighted by atomic mass is 9.88. The van der Waals surface area contributed by atoms with Crippen LogP contribution in [0.25, 0.3) is 0 Å². The Balaban J connectivity index is 0.00000256. The summed E-state index contributed by atoms with van der Waals surface area (Å²) >= 11 is 0. The van der Waals surface area contributed by atoms with Gasteiger partial charge in [-0.15, -0.1) is 0 Å². The van der Waals surface area contributed by atoms with Crippen LogP contribution in [0.1, 0.15) is 33.5 Å². The van der Waals surface area contributed by atoms with E-state index in [-0.39, 0.29) is 13.3 Å². The second-order valence-electron chi connectivity index (χ2n) is 4.23. The monoisotopic (exact) mass is 221 g/mol. The summed E-state index contributed by atoms with van der Waals surface area (Å²) in [5.41, 5.74) is 0.999. The fourth-order valence-corrected chi connectivity index (χ4v) is 2.05. The number of hydrogen-bond donors (Lipinski definition) is 1. The summed E-state index contributed by atoms with van der Waals surface area (Å²) < 4.78 is 0. The first-order valence-corrected chi connectivity index (χ1v) is 5.99. The highest BCUT2D eigenvalue weighted by Crippen LogP contribution is 2.23. The predicted octanol–water partition coefficient (Wildman–Crippen LogP) is 3.23. The van der Waals surface area contributed by atoms with E-state index >= 15 is 0 Å². The molecule has 1 saturated carbocycles. The number of allylic oxidation sites excluding steroid dienone is 2. The highest BCUT2D eigenvalue weighted by molar-refractivity contribution is 5.79. The van der Waals surface area contributed by atoms with E-state index in [4.69, 9.17) is 0 Å². The van der Waals surface area contributed by atoms with E-state index in [0.717, 1.165) is 18.4 Å². The normalized spacial score (nSPS) is 17.9. The van der Waals surface area contributed by atoms with Gasteiger partial charge in [-0.25, -0.2) is 0 Å². The van der Waals surface area contributed by atoms with Gasteiger partial charge in [-0.05, 0) is 18.4 Å². The van der Waals surface area contributed by atoms with Crippen LogP contribution in [-0.2, 0) is 4.79 Å². The lowest BCUT2D eigenvalue weighted by Gasteiger charge is -2.20. The zero-order chi connectivity index (χ0) is 11.8. The molecule has 0 saturated heterocycles. The molecule has 1 rings (SSSR count). The first-order valence-electron chi connectivity index (χ1n) is 5.99. The van der Waals surface area contributed by atoms with Crippen molar-refractivity contribution in [3.8, 4) is 0 Å². The van der Waals surface area contributed by atoms with Gasteiger partial charge >= 0.3 is 0 Å². The minimum absolute atomic E-state index is 0. The van der Waals surface area contributed by atoms with Crippen LogP contribution in [-0.4, -0.2) is 12.5 Å². The van der Waals surface area contributed by atoms with Crippen LogP contribution < -0.4 is 5.32 Å². The summed E-state index contributed by atoms with van der Waals surface area (Å²) in [4.78, 5) is 11.8. The van der Waals surface area contributed by atoms with Gasteiger partial charge in [0, 0.05) is 13.9 Å². The molecule has 90 valence electrons. The van der Waals surface area contributed by atoms with Crippen molar-refractivity contribution in [1.82, 2.24) is 5.32 Å². The SMILES string of the molecule is C=C/C=C(\C=C)CNC(=O)C1CCCCC1.[HH]. The van der Waals surface area contributed by atoms with E-state index in [9.17, 15) is 4.79 Å². The molecule has 0 aliphatic heterocycles. The number of nitrogens with one attached hydrogen (secondary N) is 1. The molecule has 2 nitrogen and oxygen atoms in total. The van der Waals surface area contributed by atoms with Crippen LogP contribution in [0.5, 0.6) is 0 Å². The second-order valence-corrected chi connectivity index (χ2v) is 4.23. The van der Waals surface area contributed by atoms with Crippen molar-refractivity contribution in [1.29, 1.82) is 0 Å². The Bertz CT molecular complexity index is 291. The maximum absolute atomic E-state index is 11.8. The Kier molecular flexibility index (Phi) is 5.62. The maximum atomic E-state index is 11.8. The van der Waals surface area contributed by atoms with Gasteiger partial charge in [0.2, 0.25) is 5.91 Å². The smallest absolute Gasteiger partial charge is 0.223 e. The first-order chi connectivity index (χ1) is 7.77. The molecule has 0 aromatic rings. The quantitative estimate of drug-likeness (QED) is 0.709. The predicted molar refractivity (Wildman–Crippen MR) is 70.2 cm³/mol. The van der Waals surface area contributed by atoms with Gasteiger partial charge in [-0.1, -0.05) is 50.6 Å². The average Bonchev–Trinajstić information content (AvgIpc) is 2.35. The van der Waals surface area contributed by atoms with Crippen molar-refractivity contribution in [2.75, 3.05) is 6.54 Å². The molecule has 2 heteroatoms. The van der Waals surface area contributed by atoms with Crippen molar-refractivity contribution in [3.05, 3.63) is 37.0 Å². The zero-order valence-electron chi connectivity index (χ0n) is 9.87. The van der Waals surface area contributed by atoms with Gasteiger partial charge in [0.25, 0.3) is 0 Å². The molecule has 0 unspecified atom stereocenters. The summed E-state index contributed by atoms with van der Waals surface area (Å²) in [5.74, 6) is 0.417. The lowest BCUT2D eigenvalue weighted by molar-refractivity contribution is -0.125. The number of amides is 1. The number of hydrogen-bond acceptors (Lipinski definition) is 1. The molecule has 1 aliphatic rings. The maximum Gasteiger partial charge on any atom is 0.223 e. The zero-order valence-corrected chi connectivity index (χ0v) is 9.87. The van der Waals surface area contributed by atoms with E-state index < -0.39 is 0 Å². The topological polar surface area (TPSA) is 29.1 Å². The van der Waals surface area contributed by atoms with Crippen LogP contribution >= 0.6 is 0 Å². The van der Waals surface area contributed by atoms with E-state index in [1.807, 2.05) is 6.08 Å². The number of carbonyl (C=O) groups is 1. The molecule has 1 aliphatic carbocycles. The summed E-state index contributed by atoms with van der Waals surface area (Å²) in [6.45, 7) is 7.89. The molecule has 0 radical (unpaired) electrons. The van der Waals surface area contributed by atoms with Crippen LogP contribution in [0.2, 0.25) is 0 Å². The molecule has 0 spiro atoms. The van der Waals surface area contributed by atoms with Crippen molar-refractivity contribution >= 4 is 5.91 Å². The Morgan fingerprint density at radius 3 is 2.56 bits per heavy atom. The average molecular weight is 221 g/mol. The molecule has 1 amide bonds. The molecule has 0 bridgehead atoms.